The minimum atomic E-state index is -0.566. The predicted octanol–water partition coefficient (Wildman–Crippen LogP) is 2.71. The summed E-state index contributed by atoms with van der Waals surface area (Å²) in [6, 6.07) is 14.1. The second kappa shape index (κ2) is 8.49. The van der Waals surface area contributed by atoms with Crippen molar-refractivity contribution in [1.82, 2.24) is 0 Å². The quantitative estimate of drug-likeness (QED) is 0.618. The molecule has 2 aromatic carbocycles. The van der Waals surface area contributed by atoms with Crippen LogP contribution in [0.15, 0.2) is 48.0 Å². The first-order valence-corrected chi connectivity index (χ1v) is 7.90. The van der Waals surface area contributed by atoms with Crippen molar-refractivity contribution >= 4 is 23.6 Å². The van der Waals surface area contributed by atoms with Gasteiger partial charge in [-0.2, -0.15) is 5.26 Å². The summed E-state index contributed by atoms with van der Waals surface area (Å²) in [6.07, 6.45) is 1.48. The van der Waals surface area contributed by atoms with Crippen LogP contribution in [0.4, 0.5) is 5.69 Å². The molecule has 0 atom stereocenters. The van der Waals surface area contributed by atoms with Crippen LogP contribution in [0.25, 0.3) is 6.08 Å². The van der Waals surface area contributed by atoms with Crippen molar-refractivity contribution in [2.24, 2.45) is 5.73 Å². The first kappa shape index (κ1) is 18.7. The highest BCUT2D eigenvalue weighted by Crippen LogP contribution is 2.17. The zero-order valence-corrected chi connectivity index (χ0v) is 14.6. The number of rotatable bonds is 6. The van der Waals surface area contributed by atoms with Gasteiger partial charge in [0.25, 0.3) is 11.8 Å². The minimum absolute atomic E-state index is 0.0194. The number of nitrogens with one attached hydrogen (secondary N) is 1. The van der Waals surface area contributed by atoms with E-state index < -0.39 is 11.8 Å². The molecule has 0 aliphatic heterocycles. The zero-order chi connectivity index (χ0) is 19.1. The van der Waals surface area contributed by atoms with Gasteiger partial charge in [-0.15, -0.1) is 0 Å². The van der Waals surface area contributed by atoms with Gasteiger partial charge >= 0.3 is 0 Å². The summed E-state index contributed by atoms with van der Waals surface area (Å²) in [7, 11) is 0. The highest BCUT2D eigenvalue weighted by atomic mass is 16.5. The standard InChI is InChI=1S/C20H19N3O3/c1-13-3-6-17(9-14(13)2)23-20(25)16(11-21)10-15-4-7-18(8-5-15)26-12-19(22)24/h3-10H,12H2,1-2H3,(H2,22,24)(H,23,25)/b16-10+. The molecule has 0 spiro atoms. The lowest BCUT2D eigenvalue weighted by atomic mass is 10.1. The van der Waals surface area contributed by atoms with Crippen LogP contribution in [0.1, 0.15) is 16.7 Å². The molecule has 0 aliphatic rings. The summed E-state index contributed by atoms with van der Waals surface area (Å²) in [5.41, 5.74) is 8.46. The van der Waals surface area contributed by atoms with Crippen LogP contribution in [-0.4, -0.2) is 18.4 Å². The van der Waals surface area contributed by atoms with Gasteiger partial charge < -0.3 is 15.8 Å². The lowest BCUT2D eigenvalue weighted by Crippen LogP contribution is -2.19. The summed E-state index contributed by atoms with van der Waals surface area (Å²) in [6.45, 7) is 3.73. The fourth-order valence-corrected chi connectivity index (χ4v) is 2.15. The molecular weight excluding hydrogens is 330 g/mol. The maximum absolute atomic E-state index is 12.3. The molecule has 26 heavy (non-hydrogen) atoms. The maximum atomic E-state index is 12.3. The van der Waals surface area contributed by atoms with E-state index >= 15 is 0 Å². The second-order valence-electron chi connectivity index (χ2n) is 5.75. The number of ether oxygens (including phenoxy) is 1. The monoisotopic (exact) mass is 349 g/mol. The SMILES string of the molecule is Cc1ccc(NC(=O)/C(C#N)=C/c2ccc(OCC(N)=O)cc2)cc1C. The van der Waals surface area contributed by atoms with Gasteiger partial charge in [-0.25, -0.2) is 0 Å². The van der Waals surface area contributed by atoms with Crippen LogP contribution in [0.5, 0.6) is 5.75 Å². The van der Waals surface area contributed by atoms with Crippen molar-refractivity contribution < 1.29 is 14.3 Å². The van der Waals surface area contributed by atoms with Gasteiger partial charge in [0.15, 0.2) is 6.61 Å². The molecule has 0 saturated carbocycles. The Bertz CT molecular complexity index is 894. The van der Waals surface area contributed by atoms with Crippen LogP contribution in [0.2, 0.25) is 0 Å². The van der Waals surface area contributed by atoms with Crippen molar-refractivity contribution in [2.45, 2.75) is 13.8 Å². The van der Waals surface area contributed by atoms with Crippen LogP contribution >= 0.6 is 0 Å². The molecule has 0 saturated heterocycles. The number of hydrogen-bond donors (Lipinski definition) is 2. The van der Waals surface area contributed by atoms with Gasteiger partial charge in [0.05, 0.1) is 0 Å². The normalized spacial score (nSPS) is 10.7. The van der Waals surface area contributed by atoms with Crippen LogP contribution < -0.4 is 15.8 Å². The van der Waals surface area contributed by atoms with Crippen molar-refractivity contribution in [3.63, 3.8) is 0 Å². The third kappa shape index (κ3) is 5.21. The van der Waals surface area contributed by atoms with Crippen molar-refractivity contribution in [1.29, 1.82) is 5.26 Å². The van der Waals surface area contributed by atoms with Gasteiger partial charge in [0.1, 0.15) is 17.4 Å². The van der Waals surface area contributed by atoms with E-state index in [1.54, 1.807) is 30.3 Å². The molecule has 6 heteroatoms. The smallest absolute Gasteiger partial charge is 0.266 e. The molecule has 0 aliphatic carbocycles. The topological polar surface area (TPSA) is 105 Å². The average Bonchev–Trinajstić information content (AvgIpc) is 2.61. The molecular formula is C20H19N3O3. The number of nitriles is 1. The lowest BCUT2D eigenvalue weighted by Gasteiger charge is -2.07. The van der Waals surface area contributed by atoms with E-state index in [-0.39, 0.29) is 12.2 Å². The number of benzene rings is 2. The van der Waals surface area contributed by atoms with Gasteiger partial charge in [-0.1, -0.05) is 18.2 Å². The molecule has 132 valence electrons. The first-order valence-electron chi connectivity index (χ1n) is 7.90. The van der Waals surface area contributed by atoms with Crippen molar-refractivity contribution in [2.75, 3.05) is 11.9 Å². The largest absolute Gasteiger partial charge is 0.484 e. The van der Waals surface area contributed by atoms with Crippen LogP contribution in [-0.2, 0) is 9.59 Å². The van der Waals surface area contributed by atoms with E-state index in [2.05, 4.69) is 5.32 Å². The number of nitrogens with two attached hydrogens (primary N) is 1. The average molecular weight is 349 g/mol. The summed E-state index contributed by atoms with van der Waals surface area (Å²) in [5, 5.41) is 12.0. The molecule has 2 amide bonds. The molecule has 0 bridgehead atoms. The van der Waals surface area contributed by atoms with E-state index in [4.69, 9.17) is 10.5 Å². The summed E-state index contributed by atoms with van der Waals surface area (Å²) >= 11 is 0. The highest BCUT2D eigenvalue weighted by molar-refractivity contribution is 6.09. The Kier molecular flexibility index (Phi) is 6.12. The number of primary amides is 1. The van der Waals surface area contributed by atoms with Crippen molar-refractivity contribution in [3.05, 3.63) is 64.7 Å². The Morgan fingerprint density at radius 2 is 1.85 bits per heavy atom. The van der Waals surface area contributed by atoms with Crippen molar-refractivity contribution in [3.8, 4) is 11.8 Å². The summed E-state index contributed by atoms with van der Waals surface area (Å²) in [4.78, 5) is 23.0. The Morgan fingerprint density at radius 1 is 1.15 bits per heavy atom. The number of hydrogen-bond acceptors (Lipinski definition) is 4. The number of carbonyl (C=O) groups excluding carboxylic acids is 2. The number of amides is 2. The fourth-order valence-electron chi connectivity index (χ4n) is 2.15. The molecule has 0 fully saturated rings. The molecule has 0 unspecified atom stereocenters. The number of nitrogens with zero attached hydrogens (tertiary/aromatic N) is 1. The maximum Gasteiger partial charge on any atom is 0.266 e. The molecule has 0 aromatic heterocycles. The Hall–Kier alpha value is -3.59. The number of aryl methyl sites for hydroxylation is 2. The predicted molar refractivity (Wildman–Crippen MR) is 99.3 cm³/mol. The lowest BCUT2D eigenvalue weighted by molar-refractivity contribution is -0.120. The Morgan fingerprint density at radius 3 is 2.42 bits per heavy atom. The van der Waals surface area contributed by atoms with E-state index in [0.29, 0.717) is 17.0 Å². The summed E-state index contributed by atoms with van der Waals surface area (Å²) in [5.74, 6) is -0.576. The Balaban J connectivity index is 2.11. The second-order valence-corrected chi connectivity index (χ2v) is 5.75. The number of carbonyl (C=O) groups is 2. The zero-order valence-electron chi connectivity index (χ0n) is 14.6. The molecule has 2 aromatic rings. The summed E-state index contributed by atoms with van der Waals surface area (Å²) < 4.78 is 5.16. The van der Waals surface area contributed by atoms with Gasteiger partial charge in [0, 0.05) is 5.69 Å². The highest BCUT2D eigenvalue weighted by Gasteiger charge is 2.10. The number of anilines is 1. The molecule has 0 radical (unpaired) electrons. The molecule has 3 N–H and O–H groups in total. The van der Waals surface area contributed by atoms with Gasteiger partial charge in [0.2, 0.25) is 0 Å². The first-order chi connectivity index (χ1) is 12.4. The molecule has 2 rings (SSSR count). The van der Waals surface area contributed by atoms with Gasteiger partial charge in [-0.3, -0.25) is 9.59 Å². The Labute approximate surface area is 151 Å². The van der Waals surface area contributed by atoms with E-state index in [1.165, 1.54) is 6.08 Å². The van der Waals surface area contributed by atoms with E-state index in [1.807, 2.05) is 32.0 Å². The third-order valence-corrected chi connectivity index (χ3v) is 3.70. The molecule has 0 heterocycles. The third-order valence-electron chi connectivity index (χ3n) is 3.70. The van der Waals surface area contributed by atoms with E-state index in [0.717, 1.165) is 11.1 Å². The van der Waals surface area contributed by atoms with Crippen LogP contribution in [0, 0.1) is 25.2 Å². The fraction of sp³-hybridized carbons (Fsp3) is 0.150. The minimum Gasteiger partial charge on any atom is -0.484 e. The van der Waals surface area contributed by atoms with E-state index in [9.17, 15) is 14.9 Å². The van der Waals surface area contributed by atoms with Gasteiger partial charge in [-0.05, 0) is 60.9 Å². The van der Waals surface area contributed by atoms with Crippen LogP contribution in [0.3, 0.4) is 0 Å². The molecule has 6 nitrogen and oxygen atoms in total.